The smallest absolute Gasteiger partial charge is 0.326 e. The summed E-state index contributed by atoms with van der Waals surface area (Å²) in [5.41, 5.74) is 6.64. The van der Waals surface area contributed by atoms with Crippen molar-refractivity contribution in [1.29, 1.82) is 0 Å². The molecule has 0 spiro atoms. The van der Waals surface area contributed by atoms with Crippen LogP contribution < -0.4 is 25.3 Å². The fraction of sp³-hybridized carbons (Fsp3) is 0.310. The molecule has 0 unspecified atom stereocenters. The number of hydrogen-bond donors (Lipinski definition) is 4. The van der Waals surface area contributed by atoms with E-state index in [1.54, 1.807) is 30.3 Å². The quantitative estimate of drug-likeness (QED) is 0.129. The average Bonchev–Trinajstić information content (AvgIpc) is 2.94. The van der Waals surface area contributed by atoms with Gasteiger partial charge in [-0.3, -0.25) is 14.4 Å². The lowest BCUT2D eigenvalue weighted by molar-refractivity contribution is -0.142. The maximum Gasteiger partial charge on any atom is 0.326 e. The SMILES string of the molecule is COc1cc(/C=C/C(=O)CC(=O)/C=C/c2ccc(OCC(=O)N[C@@H](CCCCN)C(=O)O)c(OC)c2)ccc1O. The molecule has 0 saturated heterocycles. The molecule has 2 aromatic carbocycles. The van der Waals surface area contributed by atoms with Crippen LogP contribution in [-0.2, 0) is 19.2 Å². The van der Waals surface area contributed by atoms with Crippen LogP contribution in [0.3, 0.4) is 0 Å². The van der Waals surface area contributed by atoms with Crippen molar-refractivity contribution < 1.29 is 43.6 Å². The Kier molecular flexibility index (Phi) is 12.9. The number of unbranched alkanes of at least 4 members (excludes halogenated alkanes) is 1. The Morgan fingerprint density at radius 2 is 1.50 bits per heavy atom. The number of methoxy groups -OCH3 is 2. The number of carboxylic acid groups (broad SMARTS) is 1. The number of ketones is 2. The Labute approximate surface area is 232 Å². The Balaban J connectivity index is 1.92. The highest BCUT2D eigenvalue weighted by atomic mass is 16.5. The van der Waals surface area contributed by atoms with Gasteiger partial charge in [-0.2, -0.15) is 0 Å². The number of nitrogens with two attached hydrogens (primary N) is 1. The molecule has 0 saturated carbocycles. The molecular formula is C29H34N2O9. The summed E-state index contributed by atoms with van der Waals surface area (Å²) in [5.74, 6) is -1.74. The van der Waals surface area contributed by atoms with Gasteiger partial charge in [-0.1, -0.05) is 24.3 Å². The van der Waals surface area contributed by atoms with Gasteiger partial charge in [0.05, 0.1) is 20.6 Å². The van der Waals surface area contributed by atoms with Crippen LogP contribution >= 0.6 is 0 Å². The van der Waals surface area contributed by atoms with E-state index in [-0.39, 0.29) is 30.1 Å². The van der Waals surface area contributed by atoms with E-state index in [9.17, 15) is 29.4 Å². The summed E-state index contributed by atoms with van der Waals surface area (Å²) in [4.78, 5) is 48.0. The van der Waals surface area contributed by atoms with Crippen molar-refractivity contribution in [2.24, 2.45) is 5.73 Å². The summed E-state index contributed by atoms with van der Waals surface area (Å²) in [7, 11) is 2.83. The molecule has 2 rings (SSSR count). The zero-order chi connectivity index (χ0) is 29.5. The van der Waals surface area contributed by atoms with Crippen LogP contribution in [0.25, 0.3) is 12.2 Å². The van der Waals surface area contributed by atoms with Crippen molar-refractivity contribution in [2.45, 2.75) is 31.7 Å². The molecule has 2 aromatic rings. The van der Waals surface area contributed by atoms with Crippen LogP contribution in [-0.4, -0.2) is 67.1 Å². The summed E-state index contributed by atoms with van der Waals surface area (Å²) in [6.07, 6.45) is 6.74. The van der Waals surface area contributed by atoms with Crippen LogP contribution in [0.5, 0.6) is 23.0 Å². The highest BCUT2D eigenvalue weighted by Crippen LogP contribution is 2.29. The third-order valence-corrected chi connectivity index (χ3v) is 5.60. The Morgan fingerprint density at radius 3 is 2.08 bits per heavy atom. The van der Waals surface area contributed by atoms with E-state index in [1.807, 2.05) is 0 Å². The molecule has 0 aliphatic heterocycles. The molecule has 0 heterocycles. The zero-order valence-corrected chi connectivity index (χ0v) is 22.4. The second-order valence-corrected chi connectivity index (χ2v) is 8.65. The van der Waals surface area contributed by atoms with Crippen molar-refractivity contribution in [3.05, 3.63) is 59.7 Å². The maximum absolute atomic E-state index is 12.3. The lowest BCUT2D eigenvalue weighted by atomic mass is 10.1. The number of phenols is 1. The molecular weight excluding hydrogens is 520 g/mol. The molecule has 0 bridgehead atoms. The number of allylic oxidation sites excluding steroid dienone is 2. The summed E-state index contributed by atoms with van der Waals surface area (Å²) < 4.78 is 15.8. The third-order valence-electron chi connectivity index (χ3n) is 5.60. The van der Waals surface area contributed by atoms with Gasteiger partial charge in [0.1, 0.15) is 6.04 Å². The third kappa shape index (κ3) is 10.6. The minimum atomic E-state index is -1.13. The number of rotatable bonds is 17. The van der Waals surface area contributed by atoms with Crippen LogP contribution in [0.2, 0.25) is 0 Å². The molecule has 0 fully saturated rings. The normalized spacial score (nSPS) is 11.8. The summed E-state index contributed by atoms with van der Waals surface area (Å²) in [6, 6.07) is 8.34. The van der Waals surface area contributed by atoms with Crippen molar-refractivity contribution in [3.8, 4) is 23.0 Å². The van der Waals surface area contributed by atoms with E-state index in [0.29, 0.717) is 36.3 Å². The van der Waals surface area contributed by atoms with Gasteiger partial charge in [0, 0.05) is 0 Å². The first kappa shape index (κ1) is 31.6. The van der Waals surface area contributed by atoms with Crippen LogP contribution in [0.4, 0.5) is 0 Å². The van der Waals surface area contributed by atoms with Crippen LogP contribution in [0.15, 0.2) is 48.6 Å². The molecule has 0 radical (unpaired) electrons. The monoisotopic (exact) mass is 554 g/mol. The molecule has 1 amide bonds. The average molecular weight is 555 g/mol. The highest BCUT2D eigenvalue weighted by molar-refractivity contribution is 6.10. The maximum atomic E-state index is 12.3. The number of amides is 1. The van der Waals surface area contributed by atoms with Crippen LogP contribution in [0.1, 0.15) is 36.8 Å². The van der Waals surface area contributed by atoms with Gasteiger partial charge in [0.25, 0.3) is 5.91 Å². The second-order valence-electron chi connectivity index (χ2n) is 8.65. The molecule has 11 nitrogen and oxygen atoms in total. The molecule has 40 heavy (non-hydrogen) atoms. The summed E-state index contributed by atoms with van der Waals surface area (Å²) >= 11 is 0. The van der Waals surface area contributed by atoms with Crippen molar-refractivity contribution in [1.82, 2.24) is 5.32 Å². The lowest BCUT2D eigenvalue weighted by Gasteiger charge is -2.15. The number of carbonyl (C=O) groups excluding carboxylic acids is 3. The molecule has 11 heteroatoms. The predicted octanol–water partition coefficient (Wildman–Crippen LogP) is 2.74. The highest BCUT2D eigenvalue weighted by Gasteiger charge is 2.20. The number of carbonyl (C=O) groups is 4. The molecule has 214 valence electrons. The first-order chi connectivity index (χ1) is 19.2. The van der Waals surface area contributed by atoms with E-state index in [0.717, 1.165) is 0 Å². The Bertz CT molecular complexity index is 1250. The number of benzene rings is 2. The van der Waals surface area contributed by atoms with Gasteiger partial charge in [0.2, 0.25) is 0 Å². The number of aromatic hydroxyl groups is 1. The molecule has 0 aliphatic carbocycles. The first-order valence-electron chi connectivity index (χ1n) is 12.5. The van der Waals surface area contributed by atoms with Crippen molar-refractivity contribution >= 4 is 35.6 Å². The number of nitrogens with one attached hydrogen (secondary N) is 1. The first-order valence-corrected chi connectivity index (χ1v) is 12.5. The number of hydrogen-bond acceptors (Lipinski definition) is 9. The van der Waals surface area contributed by atoms with Gasteiger partial charge >= 0.3 is 5.97 Å². The summed E-state index contributed by atoms with van der Waals surface area (Å²) in [6.45, 7) is 0.0215. The fourth-order valence-electron chi connectivity index (χ4n) is 3.50. The second kappa shape index (κ2) is 16.4. The Hall–Kier alpha value is -4.64. The summed E-state index contributed by atoms with van der Waals surface area (Å²) in [5, 5.41) is 21.3. The minimum Gasteiger partial charge on any atom is -0.504 e. The van der Waals surface area contributed by atoms with E-state index >= 15 is 0 Å². The minimum absolute atomic E-state index is 0.0217. The van der Waals surface area contributed by atoms with E-state index in [4.69, 9.17) is 19.9 Å². The number of aliphatic carboxylic acids is 1. The van der Waals surface area contributed by atoms with Gasteiger partial charge in [-0.15, -0.1) is 0 Å². The lowest BCUT2D eigenvalue weighted by Crippen LogP contribution is -2.43. The standard InChI is InChI=1S/C29H34N2O9/c1-38-26-15-19(8-12-24(26)34)6-10-21(32)17-22(33)11-7-20-9-13-25(27(16-20)39-2)40-18-28(35)31-23(29(36)37)5-3-4-14-30/h6-13,15-16,23,34H,3-5,14,17-18,30H2,1-2H3,(H,31,35)(H,36,37)/b10-6+,11-7+/t23-/m0/s1. The van der Waals surface area contributed by atoms with E-state index in [1.165, 1.54) is 44.6 Å². The van der Waals surface area contributed by atoms with Crippen molar-refractivity contribution in [3.63, 3.8) is 0 Å². The fourth-order valence-corrected chi connectivity index (χ4v) is 3.50. The molecule has 1 atom stereocenters. The van der Waals surface area contributed by atoms with Crippen molar-refractivity contribution in [2.75, 3.05) is 27.4 Å². The van der Waals surface area contributed by atoms with E-state index < -0.39 is 36.1 Å². The molecule has 5 N–H and O–H groups in total. The predicted molar refractivity (Wildman–Crippen MR) is 148 cm³/mol. The molecule has 0 aliphatic rings. The van der Waals surface area contributed by atoms with Gasteiger partial charge in [-0.25, -0.2) is 4.79 Å². The van der Waals surface area contributed by atoms with Gasteiger partial charge in [0.15, 0.2) is 41.2 Å². The van der Waals surface area contributed by atoms with Crippen LogP contribution in [0, 0.1) is 0 Å². The Morgan fingerprint density at radius 1 is 0.900 bits per heavy atom. The van der Waals surface area contributed by atoms with E-state index in [2.05, 4.69) is 5.32 Å². The zero-order valence-electron chi connectivity index (χ0n) is 22.4. The number of carboxylic acids is 1. The number of phenolic OH excluding ortho intramolecular Hbond substituents is 1. The topological polar surface area (TPSA) is 174 Å². The number of ether oxygens (including phenoxy) is 3. The largest absolute Gasteiger partial charge is 0.504 e. The molecule has 0 aromatic heterocycles. The van der Waals surface area contributed by atoms with Gasteiger partial charge < -0.3 is 35.5 Å². The van der Waals surface area contributed by atoms with Gasteiger partial charge in [-0.05, 0) is 73.4 Å².